The van der Waals surface area contributed by atoms with Gasteiger partial charge in [0.05, 0.1) is 23.0 Å². The van der Waals surface area contributed by atoms with Gasteiger partial charge >= 0.3 is 5.97 Å². The fraction of sp³-hybridized carbons (Fsp3) is 0.111. The van der Waals surface area contributed by atoms with E-state index in [9.17, 15) is 4.79 Å². The molecule has 2 rings (SSSR count). The quantitative estimate of drug-likeness (QED) is 0.655. The number of aromatic carboxylic acids is 1. The van der Waals surface area contributed by atoms with Gasteiger partial charge in [-0.05, 0) is 6.07 Å². The molecule has 1 heterocycles. The van der Waals surface area contributed by atoms with E-state index < -0.39 is 5.97 Å². The number of hydrogen-bond acceptors (Lipinski definition) is 3. The van der Waals surface area contributed by atoms with E-state index in [1.54, 1.807) is 24.0 Å². The summed E-state index contributed by atoms with van der Waals surface area (Å²) in [6.07, 6.45) is 1.65. The van der Waals surface area contributed by atoms with Gasteiger partial charge in [0, 0.05) is 12.4 Å². The molecule has 0 amide bonds. The lowest BCUT2D eigenvalue weighted by Crippen LogP contribution is -2.04. The van der Waals surface area contributed by atoms with E-state index in [0.29, 0.717) is 5.52 Å². The third-order valence-corrected chi connectivity index (χ3v) is 2.17. The van der Waals surface area contributed by atoms with Crippen molar-refractivity contribution in [3.05, 3.63) is 23.9 Å². The zero-order valence-electron chi connectivity index (χ0n) is 7.56. The molecular weight excluding hydrogens is 182 g/mol. The van der Waals surface area contributed by atoms with Crippen LogP contribution in [0.3, 0.4) is 0 Å². The molecule has 3 N–H and O–H groups in total. The van der Waals surface area contributed by atoms with Crippen molar-refractivity contribution >= 4 is 22.6 Å². The van der Waals surface area contributed by atoms with E-state index in [-0.39, 0.29) is 11.3 Å². The molecule has 5 heteroatoms. The van der Waals surface area contributed by atoms with Crippen LogP contribution in [0.2, 0.25) is 0 Å². The number of carboxylic acid groups (broad SMARTS) is 1. The molecule has 1 aromatic heterocycles. The van der Waals surface area contributed by atoms with Crippen molar-refractivity contribution in [3.8, 4) is 0 Å². The van der Waals surface area contributed by atoms with Gasteiger partial charge in [0.1, 0.15) is 0 Å². The Labute approximate surface area is 79.7 Å². The maximum atomic E-state index is 10.8. The van der Waals surface area contributed by atoms with Gasteiger partial charge in [0.15, 0.2) is 0 Å². The fourth-order valence-corrected chi connectivity index (χ4v) is 1.48. The molecule has 5 nitrogen and oxygen atoms in total. The molecule has 0 bridgehead atoms. The van der Waals surface area contributed by atoms with Gasteiger partial charge in [-0.15, -0.1) is 0 Å². The zero-order valence-corrected chi connectivity index (χ0v) is 7.56. The molecule has 0 aliphatic heterocycles. The molecule has 0 unspecified atom stereocenters. The number of carbonyl (C=O) groups is 1. The largest absolute Gasteiger partial charge is 0.478 e. The minimum Gasteiger partial charge on any atom is -0.478 e. The molecule has 0 atom stereocenters. The van der Waals surface area contributed by atoms with Crippen LogP contribution >= 0.6 is 0 Å². The van der Waals surface area contributed by atoms with E-state index in [1.807, 2.05) is 0 Å². The van der Waals surface area contributed by atoms with Crippen molar-refractivity contribution in [1.29, 1.82) is 0 Å². The summed E-state index contributed by atoms with van der Waals surface area (Å²) in [5.41, 5.74) is 6.75. The lowest BCUT2D eigenvalue weighted by molar-refractivity contribution is 0.0698. The number of benzene rings is 1. The summed E-state index contributed by atoms with van der Waals surface area (Å²) in [4.78, 5) is 10.8. The summed E-state index contributed by atoms with van der Waals surface area (Å²) in [5.74, 6) is -1.02. The van der Waals surface area contributed by atoms with Crippen LogP contribution < -0.4 is 5.73 Å². The Balaban J connectivity index is 2.86. The van der Waals surface area contributed by atoms with Gasteiger partial charge in [-0.3, -0.25) is 4.68 Å². The van der Waals surface area contributed by atoms with E-state index in [0.717, 1.165) is 5.39 Å². The van der Waals surface area contributed by atoms with Gasteiger partial charge in [0.2, 0.25) is 0 Å². The molecule has 14 heavy (non-hydrogen) atoms. The highest BCUT2D eigenvalue weighted by molar-refractivity contribution is 6.03. The van der Waals surface area contributed by atoms with Gasteiger partial charge in [-0.2, -0.15) is 5.10 Å². The topological polar surface area (TPSA) is 81.1 Å². The van der Waals surface area contributed by atoms with Crippen LogP contribution in [0.25, 0.3) is 10.9 Å². The third kappa shape index (κ3) is 1.02. The van der Waals surface area contributed by atoms with Crippen molar-refractivity contribution < 1.29 is 9.90 Å². The molecular formula is C9H9N3O2. The van der Waals surface area contributed by atoms with Crippen molar-refractivity contribution in [1.82, 2.24) is 9.78 Å². The second-order valence-corrected chi connectivity index (χ2v) is 3.04. The van der Waals surface area contributed by atoms with Crippen LogP contribution in [0.1, 0.15) is 10.4 Å². The minimum atomic E-state index is -1.02. The zero-order chi connectivity index (χ0) is 10.3. The number of nitrogens with zero attached hydrogens (tertiary/aromatic N) is 2. The number of fused-ring (bicyclic) bond motifs is 1. The smallest absolute Gasteiger partial charge is 0.337 e. The first kappa shape index (κ1) is 8.55. The van der Waals surface area contributed by atoms with E-state index in [2.05, 4.69) is 5.10 Å². The average Bonchev–Trinajstić information content (AvgIpc) is 2.48. The van der Waals surface area contributed by atoms with Crippen molar-refractivity contribution in [2.45, 2.75) is 0 Å². The lowest BCUT2D eigenvalue weighted by Gasteiger charge is -2.03. The highest BCUT2D eigenvalue weighted by Crippen LogP contribution is 2.23. The first-order valence-corrected chi connectivity index (χ1v) is 4.04. The van der Waals surface area contributed by atoms with E-state index in [1.165, 1.54) is 6.07 Å². The predicted molar refractivity (Wildman–Crippen MR) is 52.1 cm³/mol. The van der Waals surface area contributed by atoms with E-state index >= 15 is 0 Å². The Morgan fingerprint density at radius 2 is 2.29 bits per heavy atom. The number of anilines is 1. The Morgan fingerprint density at radius 3 is 2.93 bits per heavy atom. The predicted octanol–water partition coefficient (Wildman–Crippen LogP) is 0.854. The Hall–Kier alpha value is -2.04. The summed E-state index contributed by atoms with van der Waals surface area (Å²) in [5, 5.41) is 13.7. The van der Waals surface area contributed by atoms with Crippen molar-refractivity contribution in [2.75, 3.05) is 5.73 Å². The molecule has 1 aromatic carbocycles. The monoisotopic (exact) mass is 191 g/mol. The third-order valence-electron chi connectivity index (χ3n) is 2.17. The molecule has 0 radical (unpaired) electrons. The molecule has 0 aliphatic rings. The summed E-state index contributed by atoms with van der Waals surface area (Å²) < 4.78 is 1.57. The second kappa shape index (κ2) is 2.73. The first-order chi connectivity index (χ1) is 6.61. The number of aromatic nitrogens is 2. The van der Waals surface area contributed by atoms with Crippen LogP contribution in [0.15, 0.2) is 18.3 Å². The summed E-state index contributed by atoms with van der Waals surface area (Å²) in [6.45, 7) is 0. The number of rotatable bonds is 1. The Morgan fingerprint density at radius 1 is 1.57 bits per heavy atom. The summed E-state index contributed by atoms with van der Waals surface area (Å²) in [6, 6.07) is 3.18. The van der Waals surface area contributed by atoms with Crippen LogP contribution in [0.5, 0.6) is 0 Å². The number of hydrogen-bond donors (Lipinski definition) is 2. The molecule has 0 saturated heterocycles. The molecule has 0 spiro atoms. The summed E-state index contributed by atoms with van der Waals surface area (Å²) in [7, 11) is 1.73. The molecule has 72 valence electrons. The Bertz CT molecular complexity index is 516. The van der Waals surface area contributed by atoms with Gasteiger partial charge < -0.3 is 10.8 Å². The number of nitrogen functional groups attached to an aromatic ring is 1. The van der Waals surface area contributed by atoms with Crippen molar-refractivity contribution in [2.24, 2.45) is 7.05 Å². The average molecular weight is 191 g/mol. The maximum absolute atomic E-state index is 10.8. The second-order valence-electron chi connectivity index (χ2n) is 3.04. The molecule has 0 fully saturated rings. The van der Waals surface area contributed by atoms with Gasteiger partial charge in [-0.25, -0.2) is 4.79 Å². The van der Waals surface area contributed by atoms with Crippen LogP contribution in [0.4, 0.5) is 5.69 Å². The maximum Gasteiger partial charge on any atom is 0.337 e. The number of aryl methyl sites for hydroxylation is 1. The lowest BCUT2D eigenvalue weighted by atomic mass is 10.1. The highest BCUT2D eigenvalue weighted by Gasteiger charge is 2.12. The van der Waals surface area contributed by atoms with Crippen LogP contribution in [0, 0.1) is 0 Å². The standard InChI is InChI=1S/C9H9N3O2/c1-12-8-5(4-11-12)2-3-6(7(8)10)9(13)14/h2-4H,10H2,1H3,(H,13,14). The number of carboxylic acids is 1. The highest BCUT2D eigenvalue weighted by atomic mass is 16.4. The van der Waals surface area contributed by atoms with E-state index in [4.69, 9.17) is 10.8 Å². The Kier molecular flexibility index (Phi) is 1.67. The molecule has 0 aliphatic carbocycles. The van der Waals surface area contributed by atoms with Crippen molar-refractivity contribution in [3.63, 3.8) is 0 Å². The SMILES string of the molecule is Cn1ncc2ccc(C(=O)O)c(N)c21. The fourth-order valence-electron chi connectivity index (χ4n) is 1.48. The minimum absolute atomic E-state index is 0.112. The van der Waals surface area contributed by atoms with Crippen LogP contribution in [-0.4, -0.2) is 20.9 Å². The van der Waals surface area contributed by atoms with Gasteiger partial charge in [-0.1, -0.05) is 6.07 Å². The summed E-state index contributed by atoms with van der Waals surface area (Å²) >= 11 is 0. The first-order valence-electron chi connectivity index (χ1n) is 4.04. The van der Waals surface area contributed by atoms with Gasteiger partial charge in [0.25, 0.3) is 0 Å². The molecule has 0 saturated carbocycles. The number of nitrogens with two attached hydrogens (primary N) is 1. The van der Waals surface area contributed by atoms with Crippen LogP contribution in [-0.2, 0) is 7.05 Å². The normalized spacial score (nSPS) is 10.6. The molecule has 2 aromatic rings.